The Hall–Kier alpha value is -0.390. The van der Waals surface area contributed by atoms with Crippen molar-refractivity contribution in [3.63, 3.8) is 0 Å². The molecule has 0 amide bonds. The second-order valence-electron chi connectivity index (χ2n) is 4.00. The maximum atomic E-state index is 12.8. The molecule has 0 aliphatic carbocycles. The Labute approximate surface area is 110 Å². The van der Waals surface area contributed by atoms with Crippen molar-refractivity contribution in [1.29, 1.82) is 0 Å². The van der Waals surface area contributed by atoms with Crippen molar-refractivity contribution in [3.8, 4) is 0 Å². The number of halogens is 1. The van der Waals surface area contributed by atoms with Crippen LogP contribution in [0.25, 0.3) is 0 Å². The van der Waals surface area contributed by atoms with Crippen LogP contribution in [0.1, 0.15) is 0 Å². The molecule has 0 aromatic heterocycles. The zero-order chi connectivity index (χ0) is 12.1. The van der Waals surface area contributed by atoms with E-state index >= 15 is 0 Å². The molecule has 0 radical (unpaired) electrons. The van der Waals surface area contributed by atoms with E-state index in [2.05, 4.69) is 16.1 Å². The fourth-order valence-corrected chi connectivity index (χ4v) is 3.19. The topological polar surface area (TPSA) is 6.48 Å². The third-order valence-electron chi connectivity index (χ3n) is 2.92. The lowest BCUT2D eigenvalue weighted by Crippen LogP contribution is -2.46. The SMILES string of the molecule is CSSCN1CCN(c2ccc(F)cc2)CC1. The Balaban J connectivity index is 1.84. The van der Waals surface area contributed by atoms with E-state index in [1.54, 1.807) is 0 Å². The number of hydrogen-bond donors (Lipinski definition) is 0. The zero-order valence-electron chi connectivity index (χ0n) is 9.93. The molecule has 1 aliphatic heterocycles. The average Bonchev–Trinajstić information content (AvgIpc) is 2.38. The molecule has 94 valence electrons. The summed E-state index contributed by atoms with van der Waals surface area (Å²) in [6.45, 7) is 4.23. The Morgan fingerprint density at radius 1 is 1.12 bits per heavy atom. The fourth-order valence-electron chi connectivity index (χ4n) is 1.91. The van der Waals surface area contributed by atoms with Crippen molar-refractivity contribution in [2.24, 2.45) is 0 Å². The number of hydrogen-bond acceptors (Lipinski definition) is 4. The van der Waals surface area contributed by atoms with Gasteiger partial charge in [-0.25, -0.2) is 4.39 Å². The molecule has 17 heavy (non-hydrogen) atoms. The molecule has 5 heteroatoms. The van der Waals surface area contributed by atoms with E-state index in [0.717, 1.165) is 37.7 Å². The lowest BCUT2D eigenvalue weighted by atomic mass is 10.2. The second-order valence-corrected chi connectivity index (χ2v) is 6.53. The summed E-state index contributed by atoms with van der Waals surface area (Å²) in [7, 11) is 3.70. The van der Waals surface area contributed by atoms with Crippen molar-refractivity contribution < 1.29 is 4.39 Å². The number of benzene rings is 1. The Morgan fingerprint density at radius 2 is 1.76 bits per heavy atom. The highest BCUT2D eigenvalue weighted by Gasteiger charge is 2.16. The van der Waals surface area contributed by atoms with Crippen LogP contribution in [0.2, 0.25) is 0 Å². The first kappa shape index (κ1) is 13.1. The Bertz CT molecular complexity index is 337. The van der Waals surface area contributed by atoms with Crippen LogP contribution in [-0.2, 0) is 0 Å². The van der Waals surface area contributed by atoms with Crippen molar-refractivity contribution >= 4 is 27.3 Å². The summed E-state index contributed by atoms with van der Waals surface area (Å²) in [5.74, 6) is 0.932. The molecule has 2 nitrogen and oxygen atoms in total. The average molecular weight is 272 g/mol. The van der Waals surface area contributed by atoms with Crippen LogP contribution in [0.4, 0.5) is 10.1 Å². The van der Waals surface area contributed by atoms with E-state index in [4.69, 9.17) is 0 Å². The van der Waals surface area contributed by atoms with Crippen LogP contribution in [-0.4, -0.2) is 43.2 Å². The molecule has 0 bridgehead atoms. The summed E-state index contributed by atoms with van der Waals surface area (Å²) in [6.07, 6.45) is 2.11. The summed E-state index contributed by atoms with van der Waals surface area (Å²) >= 11 is 0. The standard InChI is InChI=1S/C12H17FN2S2/c1-16-17-10-14-6-8-15(9-7-14)12-4-2-11(13)3-5-12/h2-5H,6-10H2,1H3. The molecule has 0 spiro atoms. The van der Waals surface area contributed by atoms with Gasteiger partial charge in [-0.05, 0) is 30.5 Å². The van der Waals surface area contributed by atoms with Crippen molar-refractivity contribution in [2.75, 3.05) is 43.2 Å². The summed E-state index contributed by atoms with van der Waals surface area (Å²) < 4.78 is 12.8. The van der Waals surface area contributed by atoms with Gasteiger partial charge in [-0.3, -0.25) is 4.90 Å². The largest absolute Gasteiger partial charge is 0.369 e. The van der Waals surface area contributed by atoms with Gasteiger partial charge in [0, 0.05) is 31.9 Å². The minimum atomic E-state index is -0.163. The molecule has 0 atom stereocenters. The van der Waals surface area contributed by atoms with Gasteiger partial charge >= 0.3 is 0 Å². The third kappa shape index (κ3) is 3.79. The monoisotopic (exact) mass is 272 g/mol. The van der Waals surface area contributed by atoms with Crippen LogP contribution in [0, 0.1) is 5.82 Å². The van der Waals surface area contributed by atoms with Gasteiger partial charge in [-0.15, -0.1) is 0 Å². The van der Waals surface area contributed by atoms with E-state index in [1.807, 2.05) is 33.7 Å². The van der Waals surface area contributed by atoms with Gasteiger partial charge < -0.3 is 4.90 Å². The predicted molar refractivity (Wildman–Crippen MR) is 76.2 cm³/mol. The fraction of sp³-hybridized carbons (Fsp3) is 0.500. The first-order chi connectivity index (χ1) is 8.29. The summed E-state index contributed by atoms with van der Waals surface area (Å²) in [5.41, 5.74) is 1.13. The van der Waals surface area contributed by atoms with E-state index in [0.29, 0.717) is 0 Å². The molecular formula is C12H17FN2S2. The van der Waals surface area contributed by atoms with Gasteiger partial charge in [-0.2, -0.15) is 0 Å². The molecular weight excluding hydrogens is 255 g/mol. The molecule has 1 saturated heterocycles. The molecule has 0 saturated carbocycles. The van der Waals surface area contributed by atoms with Crippen molar-refractivity contribution in [2.45, 2.75) is 0 Å². The number of nitrogens with zero attached hydrogens (tertiary/aromatic N) is 2. The summed E-state index contributed by atoms with van der Waals surface area (Å²) in [5, 5.41) is 0. The van der Waals surface area contributed by atoms with Gasteiger partial charge in [0.25, 0.3) is 0 Å². The molecule has 1 fully saturated rings. The van der Waals surface area contributed by atoms with E-state index in [9.17, 15) is 4.39 Å². The molecule has 0 unspecified atom stereocenters. The highest BCUT2D eigenvalue weighted by Crippen LogP contribution is 2.21. The van der Waals surface area contributed by atoms with Gasteiger partial charge in [0.05, 0.1) is 5.88 Å². The first-order valence-corrected chi connectivity index (χ1v) is 8.41. The number of rotatable bonds is 4. The Morgan fingerprint density at radius 3 is 2.35 bits per heavy atom. The summed E-state index contributed by atoms with van der Waals surface area (Å²) in [4.78, 5) is 4.78. The molecule has 1 heterocycles. The quantitative estimate of drug-likeness (QED) is 0.777. The summed E-state index contributed by atoms with van der Waals surface area (Å²) in [6, 6.07) is 6.79. The van der Waals surface area contributed by atoms with E-state index in [-0.39, 0.29) is 5.82 Å². The van der Waals surface area contributed by atoms with Crippen LogP contribution in [0.3, 0.4) is 0 Å². The van der Waals surface area contributed by atoms with E-state index < -0.39 is 0 Å². The minimum Gasteiger partial charge on any atom is -0.369 e. The minimum absolute atomic E-state index is 0.163. The number of anilines is 1. The molecule has 0 N–H and O–H groups in total. The van der Waals surface area contributed by atoms with Gasteiger partial charge in [0.15, 0.2) is 0 Å². The Kier molecular flexibility index (Phi) is 5.00. The van der Waals surface area contributed by atoms with Crippen LogP contribution < -0.4 is 4.90 Å². The normalized spacial score (nSPS) is 17.4. The van der Waals surface area contributed by atoms with Gasteiger partial charge in [0.2, 0.25) is 0 Å². The molecule has 2 rings (SSSR count). The maximum absolute atomic E-state index is 12.8. The van der Waals surface area contributed by atoms with Crippen LogP contribution in [0.15, 0.2) is 24.3 Å². The third-order valence-corrected chi connectivity index (χ3v) is 4.65. The lowest BCUT2D eigenvalue weighted by Gasteiger charge is -2.35. The smallest absolute Gasteiger partial charge is 0.123 e. The highest BCUT2D eigenvalue weighted by atomic mass is 33.1. The molecule has 1 aromatic carbocycles. The van der Waals surface area contributed by atoms with E-state index in [1.165, 1.54) is 12.1 Å². The number of piperazine rings is 1. The molecule has 1 aliphatic rings. The molecule has 1 aromatic rings. The van der Waals surface area contributed by atoms with Crippen LogP contribution >= 0.6 is 21.6 Å². The van der Waals surface area contributed by atoms with Gasteiger partial charge in [0.1, 0.15) is 5.82 Å². The lowest BCUT2D eigenvalue weighted by molar-refractivity contribution is 0.301. The first-order valence-electron chi connectivity index (χ1n) is 5.68. The zero-order valence-corrected chi connectivity index (χ0v) is 11.6. The van der Waals surface area contributed by atoms with Crippen molar-refractivity contribution in [3.05, 3.63) is 30.1 Å². The van der Waals surface area contributed by atoms with Gasteiger partial charge in [-0.1, -0.05) is 21.6 Å². The predicted octanol–water partition coefficient (Wildman–Crippen LogP) is 2.92. The van der Waals surface area contributed by atoms with Crippen LogP contribution in [0.5, 0.6) is 0 Å². The second kappa shape index (κ2) is 6.52. The van der Waals surface area contributed by atoms with Crippen molar-refractivity contribution in [1.82, 2.24) is 4.90 Å². The highest BCUT2D eigenvalue weighted by molar-refractivity contribution is 8.76. The maximum Gasteiger partial charge on any atom is 0.123 e.